The number of fused-ring (bicyclic) bond motifs is 1. The number of rotatable bonds is 10. The second-order valence-corrected chi connectivity index (χ2v) is 18.3. The molecule has 338 valence electrons. The van der Waals surface area contributed by atoms with Crippen LogP contribution in [0.1, 0.15) is 76.2 Å². The van der Waals surface area contributed by atoms with Gasteiger partial charge in [0, 0.05) is 68.8 Å². The molecule has 4 saturated heterocycles. The number of aromatic hydroxyl groups is 1. The van der Waals surface area contributed by atoms with Gasteiger partial charge in [0.25, 0.3) is 0 Å². The third-order valence-electron chi connectivity index (χ3n) is 13.9. The molecule has 0 saturated carbocycles. The van der Waals surface area contributed by atoms with Crippen molar-refractivity contribution in [2.24, 2.45) is 5.92 Å². The number of nitrogen functional groups attached to an aromatic ring is 1. The number of phenols is 1. The summed E-state index contributed by atoms with van der Waals surface area (Å²) in [4.78, 5) is 46.8. The summed E-state index contributed by atoms with van der Waals surface area (Å²) in [6.45, 7) is 8.37. The molecule has 64 heavy (non-hydrogen) atoms. The van der Waals surface area contributed by atoms with Crippen LogP contribution in [0.3, 0.4) is 0 Å². The van der Waals surface area contributed by atoms with Gasteiger partial charge in [-0.25, -0.2) is 0 Å². The van der Waals surface area contributed by atoms with Crippen molar-refractivity contribution in [3.8, 4) is 28.5 Å². The van der Waals surface area contributed by atoms with E-state index in [2.05, 4.69) is 60.7 Å². The molecule has 5 aliphatic rings. The number of amides is 3. The summed E-state index contributed by atoms with van der Waals surface area (Å²) >= 11 is 0. The van der Waals surface area contributed by atoms with Gasteiger partial charge in [0.2, 0.25) is 17.7 Å². The normalized spacial score (nSPS) is 22.8. The Kier molecular flexibility index (Phi) is 13.0. The Morgan fingerprint density at radius 2 is 1.69 bits per heavy atom. The fourth-order valence-electron chi connectivity index (χ4n) is 10.2. The molecule has 0 radical (unpaired) electrons. The van der Waals surface area contributed by atoms with Crippen molar-refractivity contribution in [2.75, 3.05) is 79.8 Å². The van der Waals surface area contributed by atoms with Crippen LogP contribution in [0.15, 0.2) is 72.8 Å². The summed E-state index contributed by atoms with van der Waals surface area (Å²) in [6.07, 6.45) is 7.43. The minimum absolute atomic E-state index is 0.0260. The van der Waals surface area contributed by atoms with Crippen molar-refractivity contribution >= 4 is 40.6 Å². The number of nitrogens with one attached hydrogen (secondary N) is 2. The number of imide groups is 1. The second-order valence-electron chi connectivity index (χ2n) is 18.3. The first-order valence-electron chi connectivity index (χ1n) is 23.2. The minimum atomic E-state index is -0.376. The Morgan fingerprint density at radius 1 is 0.875 bits per heavy atom. The number of nitrogens with two attached hydrogens (primary N) is 1. The molecule has 5 aliphatic heterocycles. The zero-order valence-corrected chi connectivity index (χ0v) is 36.8. The van der Waals surface area contributed by atoms with Crippen LogP contribution in [-0.2, 0) is 14.4 Å². The fourth-order valence-corrected chi connectivity index (χ4v) is 10.2. The lowest BCUT2D eigenvalue weighted by Crippen LogP contribution is -2.54. The van der Waals surface area contributed by atoms with E-state index in [-0.39, 0.29) is 41.7 Å². The maximum Gasteiger partial charge on any atom is 0.249 e. The first-order chi connectivity index (χ1) is 31.1. The highest BCUT2D eigenvalue weighted by atomic mass is 16.5. The van der Waals surface area contributed by atoms with Gasteiger partial charge in [0.05, 0.1) is 30.2 Å². The van der Waals surface area contributed by atoms with E-state index in [9.17, 15) is 19.5 Å². The van der Waals surface area contributed by atoms with Crippen molar-refractivity contribution in [1.82, 2.24) is 25.3 Å². The molecule has 0 spiro atoms. The number of piperidine rings is 3. The highest BCUT2D eigenvalue weighted by Gasteiger charge is 2.37. The fraction of sp³-hybridized carbons (Fsp3) is 0.490. The van der Waals surface area contributed by atoms with Crippen molar-refractivity contribution in [3.63, 3.8) is 0 Å². The number of likely N-dealkylation sites (tertiary alicyclic amines) is 2. The smallest absolute Gasteiger partial charge is 0.249 e. The number of carbonyl (C=O) groups is 3. The van der Waals surface area contributed by atoms with E-state index in [0.29, 0.717) is 74.5 Å². The van der Waals surface area contributed by atoms with Crippen molar-refractivity contribution in [3.05, 3.63) is 78.4 Å². The molecule has 15 nitrogen and oxygen atoms in total. The molecule has 1 aromatic heterocycles. The van der Waals surface area contributed by atoms with Gasteiger partial charge in [0.1, 0.15) is 36.0 Å². The highest BCUT2D eigenvalue weighted by Crippen LogP contribution is 2.43. The van der Waals surface area contributed by atoms with Crippen LogP contribution in [0.25, 0.3) is 11.3 Å². The number of hydrogen-bond donors (Lipinski definition) is 4. The zero-order chi connectivity index (χ0) is 44.2. The SMILES string of the molecule is C[C@@H]1CC[C@@H](Nc2cccc(OC3CCN(C(=O)CN4CCC(c5cccc6c5OCCN6[C@H]5CCC(=O)NC5=O)CC4)CC3)c2)CN(c2cc(-c3ccccc3O)nnc2N)CC1. The largest absolute Gasteiger partial charge is 0.507 e. The van der Waals surface area contributed by atoms with Gasteiger partial charge >= 0.3 is 0 Å². The zero-order valence-electron chi connectivity index (χ0n) is 36.8. The molecule has 6 heterocycles. The summed E-state index contributed by atoms with van der Waals surface area (Å²) in [5.74, 6) is 2.77. The van der Waals surface area contributed by atoms with E-state index in [1.807, 2.05) is 47.4 Å². The molecule has 4 fully saturated rings. The monoisotopic (exact) mass is 871 g/mol. The van der Waals surface area contributed by atoms with Gasteiger partial charge in [-0.3, -0.25) is 24.6 Å². The summed E-state index contributed by atoms with van der Waals surface area (Å²) in [5, 5.41) is 25.4. The predicted molar refractivity (Wildman–Crippen MR) is 247 cm³/mol. The van der Waals surface area contributed by atoms with Crippen LogP contribution in [0.2, 0.25) is 0 Å². The molecule has 5 N–H and O–H groups in total. The lowest BCUT2D eigenvalue weighted by Gasteiger charge is -2.40. The molecule has 3 atom stereocenters. The number of aromatic nitrogens is 2. The average molecular weight is 872 g/mol. The second kappa shape index (κ2) is 19.3. The molecule has 0 unspecified atom stereocenters. The first kappa shape index (κ1) is 43.2. The Morgan fingerprint density at radius 3 is 2.50 bits per heavy atom. The van der Waals surface area contributed by atoms with Crippen molar-refractivity contribution in [2.45, 2.75) is 88.8 Å². The topological polar surface area (TPSA) is 179 Å². The number of nitrogens with zero attached hydrogens (tertiary/aromatic N) is 6. The van der Waals surface area contributed by atoms with Gasteiger partial charge in [-0.1, -0.05) is 37.3 Å². The number of ether oxygens (including phenoxy) is 2. The molecule has 4 aromatic rings. The molecule has 3 aromatic carbocycles. The Bertz CT molecular complexity index is 2310. The molecular formula is C49H61N9O6. The lowest BCUT2D eigenvalue weighted by molar-refractivity contribution is -0.135. The number of benzene rings is 3. The van der Waals surface area contributed by atoms with E-state index < -0.39 is 0 Å². The number of anilines is 4. The Hall–Kier alpha value is -6.09. The summed E-state index contributed by atoms with van der Waals surface area (Å²) in [7, 11) is 0. The number of carbonyl (C=O) groups excluding carboxylic acids is 3. The van der Waals surface area contributed by atoms with Crippen LogP contribution in [-0.4, -0.2) is 120 Å². The standard InChI is InChI=1S/C49H61N9O6/c1-32-12-13-35(30-57(23-16-32)43-29-40(53-54-48(43)50)39-8-2-3-11-44(39)59)51-34-6-4-7-37(28-34)64-36-19-24-56(25-20-36)46(61)31-55-21-17-33(18-22-55)38-9-5-10-41-47(38)63-27-26-58(41)42-14-15-45(60)52-49(42)62/h2-11,28-29,32-33,35-36,42,51,59H,12-27,30-31H2,1H3,(H2,50,54)(H,52,60,62)/t32-,35-,42+/m1/s1. The van der Waals surface area contributed by atoms with Crippen LogP contribution >= 0.6 is 0 Å². The number of para-hydroxylation sites is 2. The van der Waals surface area contributed by atoms with Gasteiger partial charge in [-0.05, 0) is 105 Å². The van der Waals surface area contributed by atoms with Crippen LogP contribution in [0.5, 0.6) is 17.2 Å². The van der Waals surface area contributed by atoms with Crippen LogP contribution in [0.4, 0.5) is 22.9 Å². The van der Waals surface area contributed by atoms with E-state index in [0.717, 1.165) is 105 Å². The molecule has 0 aliphatic carbocycles. The van der Waals surface area contributed by atoms with Gasteiger partial charge in [-0.15, -0.1) is 10.2 Å². The molecule has 0 bridgehead atoms. The summed E-state index contributed by atoms with van der Waals surface area (Å²) in [5.41, 5.74) is 11.6. The van der Waals surface area contributed by atoms with E-state index >= 15 is 0 Å². The first-order valence-corrected chi connectivity index (χ1v) is 23.2. The van der Waals surface area contributed by atoms with Gasteiger partial charge < -0.3 is 40.3 Å². The Labute approximate surface area is 375 Å². The highest BCUT2D eigenvalue weighted by molar-refractivity contribution is 6.02. The lowest BCUT2D eigenvalue weighted by atomic mass is 9.87. The third kappa shape index (κ3) is 9.84. The number of phenolic OH excluding ortho intramolecular Hbond substituents is 1. The van der Waals surface area contributed by atoms with E-state index in [4.69, 9.17) is 15.2 Å². The van der Waals surface area contributed by atoms with Crippen molar-refractivity contribution < 1.29 is 29.0 Å². The predicted octanol–water partition coefficient (Wildman–Crippen LogP) is 5.79. The molecule has 9 rings (SSSR count). The third-order valence-corrected chi connectivity index (χ3v) is 13.9. The molecular weight excluding hydrogens is 811 g/mol. The maximum atomic E-state index is 13.6. The molecule has 15 heteroatoms. The Balaban J connectivity index is 0.753. The molecule has 3 amide bonds. The van der Waals surface area contributed by atoms with Gasteiger partial charge in [-0.2, -0.15) is 0 Å². The van der Waals surface area contributed by atoms with E-state index in [1.54, 1.807) is 12.1 Å². The quantitative estimate of drug-likeness (QED) is 0.141. The summed E-state index contributed by atoms with van der Waals surface area (Å²) < 4.78 is 12.8. The van der Waals surface area contributed by atoms with Crippen molar-refractivity contribution in [1.29, 1.82) is 0 Å². The van der Waals surface area contributed by atoms with Crippen LogP contribution < -0.4 is 35.6 Å². The number of hydrogen-bond acceptors (Lipinski definition) is 13. The summed E-state index contributed by atoms with van der Waals surface area (Å²) in [6, 6.07) is 23.3. The minimum Gasteiger partial charge on any atom is -0.507 e. The average Bonchev–Trinajstić information content (AvgIpc) is 3.30. The van der Waals surface area contributed by atoms with Crippen LogP contribution in [0, 0.1) is 5.92 Å². The maximum absolute atomic E-state index is 13.6. The van der Waals surface area contributed by atoms with E-state index in [1.165, 1.54) is 0 Å². The van der Waals surface area contributed by atoms with Gasteiger partial charge in [0.15, 0.2) is 5.82 Å².